The lowest BCUT2D eigenvalue weighted by molar-refractivity contribution is -0.385. The van der Waals surface area contributed by atoms with Crippen LogP contribution >= 0.6 is 43.5 Å². The molecule has 0 aliphatic rings. The first-order valence-corrected chi connectivity index (χ1v) is 7.55. The summed E-state index contributed by atoms with van der Waals surface area (Å²) in [6.45, 7) is 0.341. The second kappa shape index (κ2) is 6.56. The van der Waals surface area contributed by atoms with Crippen molar-refractivity contribution in [3.8, 4) is 0 Å². The van der Waals surface area contributed by atoms with Crippen LogP contribution in [0, 0.1) is 10.1 Å². The normalized spacial score (nSPS) is 10.3. The van der Waals surface area contributed by atoms with E-state index in [1.807, 2.05) is 12.1 Å². The fourth-order valence-electron chi connectivity index (χ4n) is 1.68. The van der Waals surface area contributed by atoms with Crippen LogP contribution < -0.4 is 5.32 Å². The van der Waals surface area contributed by atoms with Gasteiger partial charge in [0.2, 0.25) is 0 Å². The highest BCUT2D eigenvalue weighted by Gasteiger charge is 2.13. The molecule has 4 nitrogen and oxygen atoms in total. The molecular formula is C13H9Br2ClN2O2. The zero-order chi connectivity index (χ0) is 14.7. The van der Waals surface area contributed by atoms with Crippen molar-refractivity contribution in [3.05, 3.63) is 66.0 Å². The van der Waals surface area contributed by atoms with Crippen molar-refractivity contribution in [2.75, 3.05) is 5.32 Å². The molecule has 0 radical (unpaired) electrons. The Balaban J connectivity index is 2.20. The fourth-order valence-corrected chi connectivity index (χ4v) is 2.51. The van der Waals surface area contributed by atoms with Gasteiger partial charge in [-0.1, -0.05) is 27.5 Å². The van der Waals surface area contributed by atoms with Crippen molar-refractivity contribution in [1.29, 1.82) is 0 Å². The van der Waals surface area contributed by atoms with E-state index in [2.05, 4.69) is 37.2 Å². The van der Waals surface area contributed by atoms with E-state index < -0.39 is 4.92 Å². The van der Waals surface area contributed by atoms with E-state index in [9.17, 15) is 10.1 Å². The van der Waals surface area contributed by atoms with Crippen LogP contribution in [0.25, 0.3) is 0 Å². The minimum Gasteiger partial charge on any atom is -0.381 e. The molecule has 0 fully saturated rings. The van der Waals surface area contributed by atoms with Crippen LogP contribution in [0.2, 0.25) is 5.02 Å². The van der Waals surface area contributed by atoms with Crippen molar-refractivity contribution >= 4 is 54.8 Å². The molecule has 0 bridgehead atoms. The first-order chi connectivity index (χ1) is 9.47. The SMILES string of the molecule is O=[N+]([O-])c1ccc(Br)cc1CNc1ccc(Br)c(Cl)c1. The summed E-state index contributed by atoms with van der Waals surface area (Å²) in [5.41, 5.74) is 1.49. The third kappa shape index (κ3) is 3.71. The standard InChI is InChI=1S/C13H9Br2ClN2O2/c14-9-1-4-13(18(19)20)8(5-9)7-17-10-2-3-11(15)12(16)6-10/h1-6,17H,7H2. The van der Waals surface area contributed by atoms with Gasteiger partial charge in [0.25, 0.3) is 5.69 Å². The Morgan fingerprint density at radius 1 is 1.20 bits per heavy atom. The molecule has 0 aliphatic carbocycles. The van der Waals surface area contributed by atoms with Crippen LogP contribution in [0.5, 0.6) is 0 Å². The van der Waals surface area contributed by atoms with Gasteiger partial charge in [0.15, 0.2) is 0 Å². The van der Waals surface area contributed by atoms with Crippen LogP contribution in [0.4, 0.5) is 11.4 Å². The fraction of sp³-hybridized carbons (Fsp3) is 0.0769. The summed E-state index contributed by atoms with van der Waals surface area (Å²) in [6, 6.07) is 10.3. The van der Waals surface area contributed by atoms with Crippen LogP contribution in [-0.2, 0) is 6.54 Å². The van der Waals surface area contributed by atoms with Crippen LogP contribution in [0.3, 0.4) is 0 Å². The Labute approximate surface area is 137 Å². The van der Waals surface area contributed by atoms with E-state index in [-0.39, 0.29) is 5.69 Å². The van der Waals surface area contributed by atoms with E-state index >= 15 is 0 Å². The number of anilines is 1. The van der Waals surface area contributed by atoms with Crippen LogP contribution in [-0.4, -0.2) is 4.92 Å². The molecular weight excluding hydrogens is 411 g/mol. The molecule has 0 unspecified atom stereocenters. The predicted molar refractivity (Wildman–Crippen MR) is 87.3 cm³/mol. The number of nitro groups is 1. The molecule has 7 heteroatoms. The minimum absolute atomic E-state index is 0.0870. The van der Waals surface area contributed by atoms with E-state index in [4.69, 9.17) is 11.6 Å². The Morgan fingerprint density at radius 2 is 1.95 bits per heavy atom. The largest absolute Gasteiger partial charge is 0.381 e. The maximum absolute atomic E-state index is 11.0. The summed E-state index contributed by atoms with van der Waals surface area (Å²) in [5, 5.41) is 14.7. The molecule has 0 spiro atoms. The van der Waals surface area contributed by atoms with Gasteiger partial charge in [-0.25, -0.2) is 0 Å². The molecule has 1 N–H and O–H groups in total. The maximum Gasteiger partial charge on any atom is 0.274 e. The lowest BCUT2D eigenvalue weighted by Crippen LogP contribution is -2.03. The van der Waals surface area contributed by atoms with Gasteiger partial charge in [0.05, 0.1) is 9.95 Å². The highest BCUT2D eigenvalue weighted by Crippen LogP contribution is 2.27. The molecule has 0 aliphatic heterocycles. The summed E-state index contributed by atoms with van der Waals surface area (Å²) >= 11 is 12.6. The highest BCUT2D eigenvalue weighted by atomic mass is 79.9. The lowest BCUT2D eigenvalue weighted by atomic mass is 10.2. The monoisotopic (exact) mass is 418 g/mol. The van der Waals surface area contributed by atoms with Gasteiger partial charge in [-0.15, -0.1) is 0 Å². The number of rotatable bonds is 4. The average molecular weight is 420 g/mol. The zero-order valence-corrected chi connectivity index (χ0v) is 14.0. The predicted octanol–water partition coefficient (Wildman–Crippen LogP) is 5.39. The molecule has 0 aromatic heterocycles. The van der Waals surface area contributed by atoms with Crippen molar-refractivity contribution in [2.24, 2.45) is 0 Å². The highest BCUT2D eigenvalue weighted by molar-refractivity contribution is 9.10. The van der Waals surface area contributed by atoms with Gasteiger partial charge in [-0.3, -0.25) is 10.1 Å². The molecule has 2 aromatic rings. The molecule has 0 saturated heterocycles. The topological polar surface area (TPSA) is 55.2 Å². The molecule has 20 heavy (non-hydrogen) atoms. The Morgan fingerprint density at radius 3 is 2.60 bits per heavy atom. The number of halogens is 3. The lowest BCUT2D eigenvalue weighted by Gasteiger charge is -2.08. The van der Waals surface area contributed by atoms with Gasteiger partial charge >= 0.3 is 0 Å². The Bertz CT molecular complexity index is 665. The number of nitrogens with zero attached hydrogens (tertiary/aromatic N) is 1. The second-order valence-corrected chi connectivity index (χ2v) is 6.19. The summed E-state index contributed by atoms with van der Waals surface area (Å²) < 4.78 is 1.60. The number of nitrogens with one attached hydrogen (secondary N) is 1. The van der Waals surface area contributed by atoms with Crippen molar-refractivity contribution in [2.45, 2.75) is 6.54 Å². The van der Waals surface area contributed by atoms with Crippen molar-refractivity contribution in [1.82, 2.24) is 0 Å². The van der Waals surface area contributed by atoms with Crippen molar-refractivity contribution in [3.63, 3.8) is 0 Å². The number of nitro benzene ring substituents is 1. The van der Waals surface area contributed by atoms with E-state index in [0.29, 0.717) is 17.1 Å². The Hall–Kier alpha value is -1.11. The molecule has 0 atom stereocenters. The molecule has 104 valence electrons. The number of benzene rings is 2. The van der Waals surface area contributed by atoms with Crippen LogP contribution in [0.1, 0.15) is 5.56 Å². The molecule has 0 heterocycles. The molecule has 2 rings (SSSR count). The van der Waals surface area contributed by atoms with Crippen molar-refractivity contribution < 1.29 is 4.92 Å². The number of hydrogen-bond acceptors (Lipinski definition) is 3. The third-order valence-electron chi connectivity index (χ3n) is 2.64. The second-order valence-electron chi connectivity index (χ2n) is 4.01. The van der Waals surface area contributed by atoms with E-state index in [1.165, 1.54) is 6.07 Å². The molecule has 0 amide bonds. The summed E-state index contributed by atoms with van der Waals surface area (Å²) in [4.78, 5) is 10.6. The van der Waals surface area contributed by atoms with Crippen LogP contribution in [0.15, 0.2) is 45.3 Å². The maximum atomic E-state index is 11.0. The zero-order valence-electron chi connectivity index (χ0n) is 10.1. The van der Waals surface area contributed by atoms with Gasteiger partial charge in [0, 0.05) is 32.8 Å². The summed E-state index contributed by atoms with van der Waals surface area (Å²) in [7, 11) is 0. The quantitative estimate of drug-likeness (QED) is 0.533. The Kier molecular flexibility index (Phi) is 5.01. The minimum atomic E-state index is -0.391. The number of hydrogen-bond donors (Lipinski definition) is 1. The summed E-state index contributed by atoms with van der Waals surface area (Å²) in [6.07, 6.45) is 0. The first kappa shape index (κ1) is 15.3. The van der Waals surface area contributed by atoms with Gasteiger partial charge in [-0.2, -0.15) is 0 Å². The molecule has 0 saturated carbocycles. The first-order valence-electron chi connectivity index (χ1n) is 5.59. The average Bonchev–Trinajstić information content (AvgIpc) is 2.40. The van der Waals surface area contributed by atoms with Gasteiger partial charge in [-0.05, 0) is 46.3 Å². The van der Waals surface area contributed by atoms with Gasteiger partial charge < -0.3 is 5.32 Å². The van der Waals surface area contributed by atoms with E-state index in [0.717, 1.165) is 14.6 Å². The smallest absolute Gasteiger partial charge is 0.274 e. The summed E-state index contributed by atoms with van der Waals surface area (Å²) in [5.74, 6) is 0. The van der Waals surface area contributed by atoms with Gasteiger partial charge in [0.1, 0.15) is 0 Å². The molecule has 2 aromatic carbocycles. The van der Waals surface area contributed by atoms with E-state index in [1.54, 1.807) is 18.2 Å². The third-order valence-corrected chi connectivity index (χ3v) is 4.37.